The number of amides is 1. The second-order valence-electron chi connectivity index (χ2n) is 12.7. The molecule has 0 atom stereocenters. The van der Waals surface area contributed by atoms with Crippen molar-refractivity contribution in [1.29, 1.82) is 0 Å². The minimum Gasteiger partial charge on any atom is -0.303 e. The number of rotatable bonds is 9. The first-order valence-corrected chi connectivity index (χ1v) is 18.6. The highest BCUT2D eigenvalue weighted by Gasteiger charge is 2.34. The zero-order valence-electron chi connectivity index (χ0n) is 26.4. The number of carbonyl (C=O) groups excluding carboxylic acids is 1. The van der Waals surface area contributed by atoms with Crippen LogP contribution in [0.5, 0.6) is 0 Å². The molecule has 5 aromatic rings. The van der Waals surface area contributed by atoms with E-state index in [2.05, 4.69) is 48.5 Å². The van der Waals surface area contributed by atoms with E-state index >= 15 is 0 Å². The van der Waals surface area contributed by atoms with Crippen LogP contribution < -0.4 is 9.03 Å². The smallest absolute Gasteiger partial charge is 0.303 e. The maximum atomic E-state index is 12.6. The molecule has 1 aliphatic carbocycles. The Morgan fingerprint density at radius 2 is 1.50 bits per heavy atom. The van der Waals surface area contributed by atoms with E-state index in [1.807, 2.05) is 27.6 Å². The number of hydrogen-bond donors (Lipinski definition) is 1. The van der Waals surface area contributed by atoms with Crippen molar-refractivity contribution in [2.45, 2.75) is 51.4 Å². The molecule has 0 radical (unpaired) electrons. The van der Waals surface area contributed by atoms with Crippen molar-refractivity contribution in [3.63, 3.8) is 0 Å². The fourth-order valence-corrected chi connectivity index (χ4v) is 8.42. The first kappa shape index (κ1) is 32.4. The van der Waals surface area contributed by atoms with Crippen molar-refractivity contribution in [3.8, 4) is 28.1 Å². The topological polar surface area (TPSA) is 84.3 Å². The van der Waals surface area contributed by atoms with Gasteiger partial charge in [-0.1, -0.05) is 110 Å². The number of benzene rings is 4. The van der Waals surface area contributed by atoms with E-state index in [9.17, 15) is 13.2 Å². The zero-order valence-corrected chi connectivity index (χ0v) is 28.7. The number of aryl methyl sites for hydroxylation is 1. The summed E-state index contributed by atoms with van der Waals surface area (Å²) >= 11 is 12.8. The molecule has 0 bridgehead atoms. The van der Waals surface area contributed by atoms with Crippen LogP contribution in [0.2, 0.25) is 10.0 Å². The third-order valence-corrected chi connectivity index (χ3v) is 11.3. The molecular formula is C38H36Cl2N4O3S. The van der Waals surface area contributed by atoms with Gasteiger partial charge in [0.1, 0.15) is 12.4 Å². The Balaban J connectivity index is 1.14. The highest BCUT2D eigenvalue weighted by molar-refractivity contribution is 7.92. The van der Waals surface area contributed by atoms with Gasteiger partial charge in [0, 0.05) is 28.9 Å². The first-order chi connectivity index (χ1) is 23.2. The molecule has 246 valence electrons. The van der Waals surface area contributed by atoms with E-state index in [1.165, 1.54) is 49.7 Å². The average molecular weight is 700 g/mol. The van der Waals surface area contributed by atoms with Crippen molar-refractivity contribution in [2.24, 2.45) is 5.92 Å². The van der Waals surface area contributed by atoms with E-state index in [1.54, 1.807) is 30.3 Å². The normalized spacial score (nSPS) is 16.3. The van der Waals surface area contributed by atoms with Gasteiger partial charge >= 0.3 is 10.2 Å². The molecule has 48 heavy (non-hydrogen) atoms. The molecule has 1 aliphatic heterocycles. The maximum Gasteiger partial charge on any atom is 0.326 e. The van der Waals surface area contributed by atoms with Crippen molar-refractivity contribution >= 4 is 45.0 Å². The van der Waals surface area contributed by atoms with Gasteiger partial charge in [-0.25, -0.2) is 14.0 Å². The molecule has 0 spiro atoms. The van der Waals surface area contributed by atoms with Gasteiger partial charge < -0.3 is 4.57 Å². The zero-order chi connectivity index (χ0) is 33.3. The number of hydrogen-bond acceptors (Lipinski definition) is 4. The maximum absolute atomic E-state index is 12.6. The molecule has 4 aromatic carbocycles. The number of carbonyl (C=O) groups is 1. The van der Waals surface area contributed by atoms with Crippen molar-refractivity contribution in [1.82, 2.24) is 14.3 Å². The van der Waals surface area contributed by atoms with Crippen LogP contribution in [0.25, 0.3) is 28.1 Å². The summed E-state index contributed by atoms with van der Waals surface area (Å²) in [5.74, 6) is 1.05. The third kappa shape index (κ3) is 7.16. The van der Waals surface area contributed by atoms with Gasteiger partial charge in [0.15, 0.2) is 0 Å². The Kier molecular flexibility index (Phi) is 9.32. The Morgan fingerprint density at radius 1 is 0.812 bits per heavy atom. The number of aromatic nitrogens is 2. The molecule has 1 amide bonds. The van der Waals surface area contributed by atoms with E-state index in [4.69, 9.17) is 28.2 Å². The molecular weight excluding hydrogens is 663 g/mol. The quantitative estimate of drug-likeness (QED) is 0.167. The lowest BCUT2D eigenvalue weighted by molar-refractivity contribution is -0.117. The molecule has 2 heterocycles. The SMILES string of the molecule is O=C1CN(c2cccc(-n3cc(-c4ccc(Cl)cc4Cl)nc3Cc3ccc(-c4ccc(CCC5CCCCC5)cc4)cc3)c2)S(=O)(=O)N1. The van der Waals surface area contributed by atoms with Gasteiger partial charge in [-0.3, -0.25) is 4.79 Å². The number of anilines is 1. The minimum atomic E-state index is -3.95. The standard InChI is InChI=1S/C38H36Cl2N4O3S/c39-31-19-20-34(35(40)22-31)36-24-43(32-7-4-8-33(23-32)44-25-38(45)42-48(44,46)47)37(41-36)21-28-13-17-30(18-14-28)29-15-11-27(12-16-29)10-9-26-5-2-1-3-6-26/h4,7-8,11-20,22-24,26H,1-3,5-6,9-10,21,25H2,(H,42,45). The highest BCUT2D eigenvalue weighted by atomic mass is 35.5. The Hall–Kier alpha value is -4.11. The van der Waals surface area contributed by atoms with Crippen LogP contribution >= 0.6 is 23.2 Å². The van der Waals surface area contributed by atoms with E-state index in [-0.39, 0.29) is 6.54 Å². The molecule has 1 saturated heterocycles. The lowest BCUT2D eigenvalue weighted by Gasteiger charge is -2.21. The molecule has 1 aromatic heterocycles. The summed E-state index contributed by atoms with van der Waals surface area (Å²) in [4.78, 5) is 16.9. The monoisotopic (exact) mass is 698 g/mol. The summed E-state index contributed by atoms with van der Waals surface area (Å²) in [5.41, 5.74) is 7.26. The lowest BCUT2D eigenvalue weighted by Crippen LogP contribution is -2.29. The summed E-state index contributed by atoms with van der Waals surface area (Å²) < 4.78 is 30.2. The van der Waals surface area contributed by atoms with Crippen LogP contribution in [0.1, 0.15) is 55.5 Å². The molecule has 2 aliphatic rings. The lowest BCUT2D eigenvalue weighted by atomic mass is 9.85. The summed E-state index contributed by atoms with van der Waals surface area (Å²) in [6.07, 6.45) is 11.8. The average Bonchev–Trinajstić information content (AvgIpc) is 3.63. The largest absolute Gasteiger partial charge is 0.326 e. The molecule has 0 unspecified atom stereocenters. The van der Waals surface area contributed by atoms with Gasteiger partial charge in [0.05, 0.1) is 16.4 Å². The number of halogens is 2. The molecule has 7 nitrogen and oxygen atoms in total. The van der Waals surface area contributed by atoms with Crippen LogP contribution in [-0.4, -0.2) is 30.4 Å². The Labute approximate surface area is 291 Å². The number of nitrogens with zero attached hydrogens (tertiary/aromatic N) is 3. The third-order valence-electron chi connectivity index (χ3n) is 9.37. The van der Waals surface area contributed by atoms with E-state index in [0.717, 1.165) is 39.2 Å². The molecule has 7 rings (SSSR count). The fourth-order valence-electron chi connectivity index (χ4n) is 6.78. The number of imidazole rings is 1. The van der Waals surface area contributed by atoms with E-state index in [0.29, 0.717) is 33.5 Å². The van der Waals surface area contributed by atoms with Gasteiger partial charge in [-0.2, -0.15) is 8.42 Å². The van der Waals surface area contributed by atoms with Gasteiger partial charge in [0.2, 0.25) is 0 Å². The molecule has 10 heteroatoms. The van der Waals surface area contributed by atoms with Gasteiger partial charge in [0.25, 0.3) is 5.91 Å². The molecule has 1 saturated carbocycles. The summed E-state index contributed by atoms with van der Waals surface area (Å²) in [5, 5.41) is 1.00. The minimum absolute atomic E-state index is 0.274. The Bertz CT molecular complexity index is 2050. The fraction of sp³-hybridized carbons (Fsp3) is 0.263. The summed E-state index contributed by atoms with van der Waals surface area (Å²) in [6.45, 7) is -0.274. The molecule has 1 N–H and O–H groups in total. The predicted octanol–water partition coefficient (Wildman–Crippen LogP) is 8.80. The molecule has 2 fully saturated rings. The van der Waals surface area contributed by atoms with Crippen LogP contribution in [-0.2, 0) is 27.8 Å². The highest BCUT2D eigenvalue weighted by Crippen LogP contribution is 2.33. The van der Waals surface area contributed by atoms with Crippen molar-refractivity contribution in [3.05, 3.63) is 124 Å². The second-order valence-corrected chi connectivity index (χ2v) is 15.1. The van der Waals surface area contributed by atoms with E-state index < -0.39 is 16.1 Å². The van der Waals surface area contributed by atoms with Crippen LogP contribution in [0.3, 0.4) is 0 Å². The second kappa shape index (κ2) is 13.8. The van der Waals surface area contributed by atoms with Crippen LogP contribution in [0.4, 0.5) is 5.69 Å². The first-order valence-electron chi connectivity index (χ1n) is 16.4. The Morgan fingerprint density at radius 3 is 2.17 bits per heavy atom. The summed E-state index contributed by atoms with van der Waals surface area (Å²) in [7, 11) is -3.95. The van der Waals surface area contributed by atoms with Crippen LogP contribution in [0, 0.1) is 5.92 Å². The predicted molar refractivity (Wildman–Crippen MR) is 193 cm³/mol. The van der Waals surface area contributed by atoms with Gasteiger partial charge in [-0.05, 0) is 77.4 Å². The summed E-state index contributed by atoms with van der Waals surface area (Å²) in [6, 6.07) is 29.8. The van der Waals surface area contributed by atoms with Crippen molar-refractivity contribution in [2.75, 3.05) is 10.8 Å². The number of nitrogens with one attached hydrogen (secondary N) is 1. The van der Waals surface area contributed by atoms with Crippen LogP contribution in [0.15, 0.2) is 97.2 Å². The van der Waals surface area contributed by atoms with Crippen molar-refractivity contribution < 1.29 is 13.2 Å². The van der Waals surface area contributed by atoms with Gasteiger partial charge in [-0.15, -0.1) is 0 Å².